The standard InChI is InChI=1S/C23H22N4O3S/c1-4-15-8-5-6-9-16(15)26-18(28)12-24-22(29)20-13(2)19-14(3)25-21(27-23(19)31-20)17-10-7-11-30-17/h5-11H,4,12H2,1-3H3,(H,24,29)(H,26,28). The minimum absolute atomic E-state index is 0.118. The van der Waals surface area contributed by atoms with Gasteiger partial charge in [-0.25, -0.2) is 9.97 Å². The lowest BCUT2D eigenvalue weighted by Crippen LogP contribution is -2.32. The van der Waals surface area contributed by atoms with Crippen LogP contribution in [-0.2, 0) is 11.2 Å². The van der Waals surface area contributed by atoms with Crippen molar-refractivity contribution in [3.63, 3.8) is 0 Å². The molecule has 0 unspecified atom stereocenters. The quantitative estimate of drug-likeness (QED) is 0.466. The second-order valence-corrected chi connectivity index (χ2v) is 8.09. The molecule has 0 aliphatic heterocycles. The van der Waals surface area contributed by atoms with Crippen LogP contribution in [0.3, 0.4) is 0 Å². The van der Waals surface area contributed by atoms with Gasteiger partial charge in [0.15, 0.2) is 11.6 Å². The molecule has 4 rings (SSSR count). The Labute approximate surface area is 183 Å². The Bertz CT molecular complexity index is 1260. The summed E-state index contributed by atoms with van der Waals surface area (Å²) in [6, 6.07) is 11.2. The van der Waals surface area contributed by atoms with Crippen molar-refractivity contribution in [2.75, 3.05) is 11.9 Å². The molecule has 0 radical (unpaired) electrons. The summed E-state index contributed by atoms with van der Waals surface area (Å²) in [5.41, 5.74) is 3.39. The molecular weight excluding hydrogens is 412 g/mol. The SMILES string of the molecule is CCc1ccccc1NC(=O)CNC(=O)c1sc2nc(-c3ccco3)nc(C)c2c1C. The van der Waals surface area contributed by atoms with Gasteiger partial charge < -0.3 is 15.1 Å². The number of hydrogen-bond acceptors (Lipinski definition) is 6. The molecule has 0 aliphatic rings. The van der Waals surface area contributed by atoms with E-state index >= 15 is 0 Å². The molecule has 31 heavy (non-hydrogen) atoms. The fourth-order valence-corrected chi connectivity index (χ4v) is 4.61. The fraction of sp³-hybridized carbons (Fsp3) is 0.217. The van der Waals surface area contributed by atoms with Crippen molar-refractivity contribution in [3.8, 4) is 11.6 Å². The number of benzene rings is 1. The van der Waals surface area contributed by atoms with Crippen LogP contribution in [0.5, 0.6) is 0 Å². The van der Waals surface area contributed by atoms with E-state index in [1.54, 1.807) is 18.4 Å². The minimum Gasteiger partial charge on any atom is -0.461 e. The van der Waals surface area contributed by atoms with Gasteiger partial charge in [-0.05, 0) is 49.6 Å². The number of aryl methyl sites for hydroxylation is 3. The molecule has 2 amide bonds. The van der Waals surface area contributed by atoms with E-state index in [-0.39, 0.29) is 18.4 Å². The van der Waals surface area contributed by atoms with Crippen LogP contribution in [0.2, 0.25) is 0 Å². The molecule has 0 spiro atoms. The smallest absolute Gasteiger partial charge is 0.262 e. The Morgan fingerprint density at radius 3 is 2.65 bits per heavy atom. The number of nitrogens with zero attached hydrogens (tertiary/aromatic N) is 2. The molecular formula is C23H22N4O3S. The van der Waals surface area contributed by atoms with Gasteiger partial charge in [0.2, 0.25) is 5.91 Å². The zero-order valence-electron chi connectivity index (χ0n) is 17.5. The monoisotopic (exact) mass is 434 g/mol. The Balaban J connectivity index is 1.50. The first-order valence-electron chi connectivity index (χ1n) is 9.95. The topological polar surface area (TPSA) is 97.1 Å². The van der Waals surface area contributed by atoms with Gasteiger partial charge in [0.25, 0.3) is 5.91 Å². The van der Waals surface area contributed by atoms with E-state index in [1.165, 1.54) is 11.3 Å². The molecule has 0 saturated carbocycles. The molecule has 0 atom stereocenters. The summed E-state index contributed by atoms with van der Waals surface area (Å²) in [6.45, 7) is 5.66. The van der Waals surface area contributed by atoms with E-state index in [0.717, 1.165) is 34.3 Å². The maximum Gasteiger partial charge on any atom is 0.262 e. The second kappa shape index (κ2) is 8.69. The van der Waals surface area contributed by atoms with Crippen molar-refractivity contribution in [2.24, 2.45) is 0 Å². The first-order chi connectivity index (χ1) is 15.0. The Kier molecular flexibility index (Phi) is 5.81. The van der Waals surface area contributed by atoms with Crippen LogP contribution in [0.4, 0.5) is 5.69 Å². The summed E-state index contributed by atoms with van der Waals surface area (Å²) in [5, 5.41) is 6.42. The lowest BCUT2D eigenvalue weighted by Gasteiger charge is -2.10. The van der Waals surface area contributed by atoms with Crippen LogP contribution in [0.25, 0.3) is 21.8 Å². The highest BCUT2D eigenvalue weighted by Gasteiger charge is 2.20. The number of thiophene rings is 1. The third-order valence-electron chi connectivity index (χ3n) is 5.00. The van der Waals surface area contributed by atoms with Crippen molar-refractivity contribution in [1.29, 1.82) is 0 Å². The first kappa shape index (κ1) is 20.7. The molecule has 8 heteroatoms. The Morgan fingerprint density at radius 2 is 1.90 bits per heavy atom. The number of carbonyl (C=O) groups is 2. The van der Waals surface area contributed by atoms with Gasteiger partial charge in [0.1, 0.15) is 4.83 Å². The third-order valence-corrected chi connectivity index (χ3v) is 6.19. The van der Waals surface area contributed by atoms with Gasteiger partial charge in [-0.2, -0.15) is 0 Å². The molecule has 1 aromatic carbocycles. The molecule has 4 aromatic rings. The lowest BCUT2D eigenvalue weighted by atomic mass is 10.1. The largest absolute Gasteiger partial charge is 0.461 e. The summed E-state index contributed by atoms with van der Waals surface area (Å²) in [7, 11) is 0. The average Bonchev–Trinajstić information content (AvgIpc) is 3.41. The third kappa shape index (κ3) is 4.20. The molecule has 0 bridgehead atoms. The highest BCUT2D eigenvalue weighted by molar-refractivity contribution is 7.20. The zero-order valence-corrected chi connectivity index (χ0v) is 18.3. The maximum atomic E-state index is 12.8. The van der Waals surface area contributed by atoms with E-state index < -0.39 is 0 Å². The molecule has 158 valence electrons. The number of para-hydroxylation sites is 1. The Hall–Kier alpha value is -3.52. The average molecular weight is 435 g/mol. The number of aromatic nitrogens is 2. The second-order valence-electron chi connectivity index (χ2n) is 7.09. The lowest BCUT2D eigenvalue weighted by molar-refractivity contribution is -0.115. The van der Waals surface area contributed by atoms with Gasteiger partial charge in [-0.15, -0.1) is 11.3 Å². The van der Waals surface area contributed by atoms with Crippen molar-refractivity contribution in [2.45, 2.75) is 27.2 Å². The Morgan fingerprint density at radius 1 is 1.10 bits per heavy atom. The van der Waals surface area contributed by atoms with E-state index in [1.807, 2.05) is 45.0 Å². The van der Waals surface area contributed by atoms with E-state index in [2.05, 4.69) is 20.6 Å². The molecule has 3 heterocycles. The van der Waals surface area contributed by atoms with Crippen LogP contribution >= 0.6 is 11.3 Å². The molecule has 0 aliphatic carbocycles. The molecule has 7 nitrogen and oxygen atoms in total. The summed E-state index contributed by atoms with van der Waals surface area (Å²) in [5.74, 6) is 0.478. The fourth-order valence-electron chi connectivity index (χ4n) is 3.46. The predicted molar refractivity (Wildman–Crippen MR) is 121 cm³/mol. The number of nitrogens with one attached hydrogen (secondary N) is 2. The number of fused-ring (bicyclic) bond motifs is 1. The van der Waals surface area contributed by atoms with Crippen molar-refractivity contribution >= 4 is 39.1 Å². The number of anilines is 1. The number of hydrogen-bond donors (Lipinski definition) is 2. The van der Waals surface area contributed by atoms with Gasteiger partial charge in [0, 0.05) is 11.1 Å². The summed E-state index contributed by atoms with van der Waals surface area (Å²) in [6.07, 6.45) is 2.38. The van der Waals surface area contributed by atoms with Crippen LogP contribution in [0.1, 0.15) is 33.4 Å². The van der Waals surface area contributed by atoms with Gasteiger partial charge in [0.05, 0.1) is 23.4 Å². The van der Waals surface area contributed by atoms with Crippen LogP contribution in [-0.4, -0.2) is 28.3 Å². The number of rotatable bonds is 6. The van der Waals surface area contributed by atoms with Gasteiger partial charge in [-0.1, -0.05) is 25.1 Å². The highest BCUT2D eigenvalue weighted by atomic mass is 32.1. The number of amides is 2. The van der Waals surface area contributed by atoms with Crippen LogP contribution in [0.15, 0.2) is 47.1 Å². The van der Waals surface area contributed by atoms with Crippen molar-refractivity contribution in [3.05, 3.63) is 64.4 Å². The maximum absolute atomic E-state index is 12.8. The first-order valence-corrected chi connectivity index (χ1v) is 10.8. The summed E-state index contributed by atoms with van der Waals surface area (Å²) >= 11 is 1.28. The van der Waals surface area contributed by atoms with E-state index in [0.29, 0.717) is 21.3 Å². The number of carbonyl (C=O) groups excluding carboxylic acids is 2. The van der Waals surface area contributed by atoms with Crippen molar-refractivity contribution < 1.29 is 14.0 Å². The summed E-state index contributed by atoms with van der Waals surface area (Å²) < 4.78 is 5.39. The van der Waals surface area contributed by atoms with Gasteiger partial charge in [-0.3, -0.25) is 9.59 Å². The predicted octanol–water partition coefficient (Wildman–Crippen LogP) is 4.50. The molecule has 3 aromatic heterocycles. The highest BCUT2D eigenvalue weighted by Crippen LogP contribution is 2.32. The molecule has 0 fully saturated rings. The van der Waals surface area contributed by atoms with Gasteiger partial charge >= 0.3 is 0 Å². The van der Waals surface area contributed by atoms with Crippen LogP contribution in [0, 0.1) is 13.8 Å². The van der Waals surface area contributed by atoms with E-state index in [4.69, 9.17) is 4.42 Å². The normalized spacial score (nSPS) is 10.9. The van der Waals surface area contributed by atoms with Crippen molar-refractivity contribution in [1.82, 2.24) is 15.3 Å². The zero-order chi connectivity index (χ0) is 22.0. The van der Waals surface area contributed by atoms with E-state index in [9.17, 15) is 9.59 Å². The minimum atomic E-state index is -0.307. The summed E-state index contributed by atoms with van der Waals surface area (Å²) in [4.78, 5) is 35.5. The number of furan rings is 1. The van der Waals surface area contributed by atoms with Crippen LogP contribution < -0.4 is 10.6 Å². The molecule has 0 saturated heterocycles. The molecule has 2 N–H and O–H groups in total.